The Morgan fingerprint density at radius 1 is 1.24 bits per heavy atom. The Morgan fingerprint density at radius 2 is 2.12 bits per heavy atom. The van der Waals surface area contributed by atoms with Crippen molar-refractivity contribution >= 4 is 38.7 Å². The number of thiophene rings is 1. The number of hydrogen-bond donors (Lipinski definition) is 2. The summed E-state index contributed by atoms with van der Waals surface area (Å²) < 4.78 is 1.25. The van der Waals surface area contributed by atoms with Gasteiger partial charge in [-0.25, -0.2) is 4.98 Å². The normalized spacial score (nSPS) is 20.1. The van der Waals surface area contributed by atoms with Gasteiger partial charge in [0.25, 0.3) is 0 Å². The Bertz CT molecular complexity index is 1350. The van der Waals surface area contributed by atoms with Crippen molar-refractivity contribution in [2.24, 2.45) is 0 Å². The minimum Gasteiger partial charge on any atom is -0.383 e. The van der Waals surface area contributed by atoms with Crippen molar-refractivity contribution in [3.8, 4) is 0 Å². The van der Waals surface area contributed by atoms with Crippen LogP contribution in [0.2, 0.25) is 0 Å². The van der Waals surface area contributed by atoms with E-state index in [1.165, 1.54) is 27.0 Å². The van der Waals surface area contributed by atoms with Crippen molar-refractivity contribution in [3.05, 3.63) is 88.1 Å². The molecule has 3 aliphatic rings. The van der Waals surface area contributed by atoms with Gasteiger partial charge in [0.05, 0.1) is 6.42 Å². The summed E-state index contributed by atoms with van der Waals surface area (Å²) in [5.74, 6) is 1.05. The number of nitrogen functional groups attached to an aromatic ring is 1. The summed E-state index contributed by atoms with van der Waals surface area (Å²) in [4.78, 5) is 19.6. The lowest BCUT2D eigenvalue weighted by molar-refractivity contribution is -0.128. The number of fused-ring (bicyclic) bond motifs is 1. The summed E-state index contributed by atoms with van der Waals surface area (Å²) in [6.07, 6.45) is 12.0. The van der Waals surface area contributed by atoms with Crippen LogP contribution in [0.5, 0.6) is 0 Å². The molecular formula is C28H28N4OS. The van der Waals surface area contributed by atoms with E-state index in [2.05, 4.69) is 33.9 Å². The molecular weight excluding hydrogens is 440 g/mol. The van der Waals surface area contributed by atoms with Crippen LogP contribution in [-0.4, -0.2) is 35.4 Å². The molecule has 0 radical (unpaired) electrons. The number of hydrogen-bond acceptors (Lipinski definition) is 5. The van der Waals surface area contributed by atoms with Crippen molar-refractivity contribution in [2.75, 3.05) is 25.4 Å². The lowest BCUT2D eigenvalue weighted by Crippen LogP contribution is -2.29. The maximum Gasteiger partial charge on any atom is 0.231 e. The third-order valence-electron chi connectivity index (χ3n) is 7.20. The zero-order valence-corrected chi connectivity index (χ0v) is 19.9. The standard InChI is InChI=1S/C28H28N4OS/c29-28-26-23(17-34-27(26)22(16-31-28)19-8-11-30-12-9-19)20-6-7-24-21(15-20)10-13-32(24)25(33)14-18-4-2-1-3-5-18/h1-8,16-17,20,30H,9-15H2,(H2,29,31). The lowest BCUT2D eigenvalue weighted by atomic mass is 9.86. The molecule has 6 heteroatoms. The van der Waals surface area contributed by atoms with E-state index in [4.69, 9.17) is 5.73 Å². The highest BCUT2D eigenvalue weighted by atomic mass is 32.1. The zero-order valence-electron chi connectivity index (χ0n) is 19.1. The predicted octanol–water partition coefficient (Wildman–Crippen LogP) is 5.03. The lowest BCUT2D eigenvalue weighted by Gasteiger charge is -2.23. The first-order valence-electron chi connectivity index (χ1n) is 12.0. The number of benzene rings is 1. The van der Waals surface area contributed by atoms with E-state index in [0.29, 0.717) is 12.2 Å². The number of carbonyl (C=O) groups excluding carboxylic acids is 1. The highest BCUT2D eigenvalue weighted by molar-refractivity contribution is 7.17. The molecule has 172 valence electrons. The third-order valence-corrected chi connectivity index (χ3v) is 8.24. The van der Waals surface area contributed by atoms with E-state index >= 15 is 0 Å². The van der Waals surface area contributed by atoms with Crippen LogP contribution in [-0.2, 0) is 11.2 Å². The molecule has 1 unspecified atom stereocenters. The molecule has 5 nitrogen and oxygen atoms in total. The fraction of sp³-hybridized carbons (Fsp3) is 0.286. The second-order valence-electron chi connectivity index (χ2n) is 9.25. The maximum atomic E-state index is 13.0. The number of nitrogens with zero attached hydrogens (tertiary/aromatic N) is 2. The van der Waals surface area contributed by atoms with E-state index in [1.807, 2.05) is 41.4 Å². The fourth-order valence-corrected chi connectivity index (χ4v) is 6.63. The predicted molar refractivity (Wildman–Crippen MR) is 139 cm³/mol. The van der Waals surface area contributed by atoms with Gasteiger partial charge in [-0.05, 0) is 59.5 Å². The summed E-state index contributed by atoms with van der Waals surface area (Å²) in [6.45, 7) is 2.67. The van der Waals surface area contributed by atoms with E-state index in [1.54, 1.807) is 11.3 Å². The molecule has 34 heavy (non-hydrogen) atoms. The van der Waals surface area contributed by atoms with Crippen LogP contribution in [0, 0.1) is 0 Å². The summed E-state index contributed by atoms with van der Waals surface area (Å²) in [6, 6.07) is 9.99. The third kappa shape index (κ3) is 3.77. The molecule has 0 saturated carbocycles. The first-order valence-corrected chi connectivity index (χ1v) is 12.9. The van der Waals surface area contributed by atoms with Gasteiger partial charge in [0.2, 0.25) is 5.91 Å². The highest BCUT2D eigenvalue weighted by Crippen LogP contribution is 2.44. The minimum atomic E-state index is 0.175. The van der Waals surface area contributed by atoms with Crippen molar-refractivity contribution in [2.45, 2.75) is 31.6 Å². The van der Waals surface area contributed by atoms with E-state index in [-0.39, 0.29) is 11.8 Å². The number of aromatic nitrogens is 1. The number of anilines is 1. The molecule has 0 fully saturated rings. The summed E-state index contributed by atoms with van der Waals surface area (Å²) >= 11 is 1.78. The minimum absolute atomic E-state index is 0.175. The molecule has 6 rings (SSSR count). The van der Waals surface area contributed by atoms with Crippen LogP contribution >= 0.6 is 11.3 Å². The number of nitrogens with two attached hydrogens (primary N) is 1. The number of amides is 1. The van der Waals surface area contributed by atoms with Gasteiger partial charge in [0.15, 0.2) is 0 Å². The van der Waals surface area contributed by atoms with Gasteiger partial charge >= 0.3 is 0 Å². The monoisotopic (exact) mass is 468 g/mol. The molecule has 0 spiro atoms. The fourth-order valence-electron chi connectivity index (χ4n) is 5.44. The van der Waals surface area contributed by atoms with Gasteiger partial charge in [-0.3, -0.25) is 4.79 Å². The molecule has 2 aromatic heterocycles. The molecule has 2 aliphatic heterocycles. The number of allylic oxidation sites excluding steroid dienone is 2. The quantitative estimate of drug-likeness (QED) is 0.564. The molecule has 1 atom stereocenters. The molecule has 1 amide bonds. The molecule has 3 aromatic rings. The molecule has 1 aliphatic carbocycles. The van der Waals surface area contributed by atoms with Crippen LogP contribution in [0.15, 0.2) is 71.4 Å². The van der Waals surface area contributed by atoms with Crippen molar-refractivity contribution in [3.63, 3.8) is 0 Å². The van der Waals surface area contributed by atoms with E-state index in [9.17, 15) is 4.79 Å². The molecule has 3 N–H and O–H groups in total. The smallest absolute Gasteiger partial charge is 0.231 e. The van der Waals surface area contributed by atoms with Gasteiger partial charge in [-0.15, -0.1) is 11.3 Å². The van der Waals surface area contributed by atoms with Crippen LogP contribution in [0.1, 0.15) is 41.9 Å². The number of carbonyl (C=O) groups is 1. The summed E-state index contributed by atoms with van der Waals surface area (Å²) in [5, 5.41) is 6.76. The first kappa shape index (κ1) is 21.3. The zero-order chi connectivity index (χ0) is 23.1. The topological polar surface area (TPSA) is 71.2 Å². The SMILES string of the molecule is Nc1ncc(C2=CCNCC2)c2scc(C3C=CC4=C(CCN4C(=O)Cc4ccccc4)C3)c12. The van der Waals surface area contributed by atoms with Crippen LogP contribution < -0.4 is 11.1 Å². The van der Waals surface area contributed by atoms with Gasteiger partial charge in [0, 0.05) is 46.6 Å². The van der Waals surface area contributed by atoms with Crippen LogP contribution in [0.4, 0.5) is 5.82 Å². The molecule has 4 heterocycles. The van der Waals surface area contributed by atoms with Crippen molar-refractivity contribution in [1.82, 2.24) is 15.2 Å². The maximum absolute atomic E-state index is 13.0. The van der Waals surface area contributed by atoms with Crippen LogP contribution in [0.25, 0.3) is 15.7 Å². The van der Waals surface area contributed by atoms with Gasteiger partial charge < -0.3 is 16.0 Å². The Hall–Kier alpha value is -3.22. The summed E-state index contributed by atoms with van der Waals surface area (Å²) in [5.41, 5.74) is 13.8. The second kappa shape index (κ2) is 8.85. The Balaban J connectivity index is 1.26. The summed E-state index contributed by atoms with van der Waals surface area (Å²) in [7, 11) is 0. The van der Waals surface area contributed by atoms with Gasteiger partial charge in [0.1, 0.15) is 5.82 Å². The largest absolute Gasteiger partial charge is 0.383 e. The number of nitrogens with one attached hydrogen (secondary N) is 1. The molecule has 0 saturated heterocycles. The average molecular weight is 469 g/mol. The van der Waals surface area contributed by atoms with E-state index in [0.717, 1.165) is 55.5 Å². The highest BCUT2D eigenvalue weighted by Gasteiger charge is 2.31. The van der Waals surface area contributed by atoms with Crippen LogP contribution in [0.3, 0.4) is 0 Å². The Kier molecular flexibility index (Phi) is 5.55. The van der Waals surface area contributed by atoms with Gasteiger partial charge in [-0.2, -0.15) is 0 Å². The van der Waals surface area contributed by atoms with E-state index < -0.39 is 0 Å². The molecule has 0 bridgehead atoms. The second-order valence-corrected chi connectivity index (χ2v) is 10.1. The Morgan fingerprint density at radius 3 is 2.94 bits per heavy atom. The van der Waals surface area contributed by atoms with Crippen molar-refractivity contribution in [1.29, 1.82) is 0 Å². The Labute approximate surface area is 203 Å². The number of rotatable bonds is 4. The van der Waals surface area contributed by atoms with Gasteiger partial charge in [-0.1, -0.05) is 42.5 Å². The molecule has 1 aromatic carbocycles. The average Bonchev–Trinajstić information content (AvgIpc) is 3.50. The first-order chi connectivity index (χ1) is 16.7. The van der Waals surface area contributed by atoms with Crippen molar-refractivity contribution < 1.29 is 4.79 Å². The number of pyridine rings is 1.